The Kier molecular flexibility index (Phi) is 5.52. The van der Waals surface area contributed by atoms with Gasteiger partial charge in [-0.2, -0.15) is 0 Å². The number of nitrogens with one attached hydrogen (secondary N) is 2. The summed E-state index contributed by atoms with van der Waals surface area (Å²) in [4.78, 5) is 17.1. The number of hydrogen-bond acceptors (Lipinski definition) is 4. The van der Waals surface area contributed by atoms with Crippen LogP contribution in [0.15, 0.2) is 30.3 Å². The fourth-order valence-electron chi connectivity index (χ4n) is 5.52. The van der Waals surface area contributed by atoms with Gasteiger partial charge in [-0.15, -0.1) is 0 Å². The summed E-state index contributed by atoms with van der Waals surface area (Å²) in [7, 11) is 0. The van der Waals surface area contributed by atoms with Gasteiger partial charge in [-0.3, -0.25) is 4.79 Å². The number of anilines is 1. The Morgan fingerprint density at radius 2 is 1.97 bits per heavy atom. The molecule has 1 atom stereocenters. The third-order valence-corrected chi connectivity index (χ3v) is 7.89. The minimum Gasteiger partial charge on any atom is -0.454 e. The number of amides is 1. The van der Waals surface area contributed by atoms with E-state index in [-0.39, 0.29) is 24.0 Å². The van der Waals surface area contributed by atoms with Crippen LogP contribution in [0, 0.1) is 11.7 Å². The first-order valence-electron chi connectivity index (χ1n) is 12.9. The summed E-state index contributed by atoms with van der Waals surface area (Å²) in [5.74, 6) is 1.04. The summed E-state index contributed by atoms with van der Waals surface area (Å²) in [6.45, 7) is 8.01. The summed E-state index contributed by atoms with van der Waals surface area (Å²) >= 11 is 0. The minimum atomic E-state index is -0.678. The van der Waals surface area contributed by atoms with Gasteiger partial charge in [0.1, 0.15) is 5.82 Å². The van der Waals surface area contributed by atoms with Crippen LogP contribution in [0.4, 0.5) is 10.1 Å². The number of rotatable bonds is 5. The van der Waals surface area contributed by atoms with Crippen molar-refractivity contribution < 1.29 is 23.4 Å². The van der Waals surface area contributed by atoms with Crippen LogP contribution in [0.3, 0.4) is 0 Å². The van der Waals surface area contributed by atoms with E-state index in [0.717, 1.165) is 47.2 Å². The lowest BCUT2D eigenvalue weighted by Crippen LogP contribution is -2.29. The molecule has 1 amide bonds. The predicted molar refractivity (Wildman–Crippen MR) is 136 cm³/mol. The third-order valence-electron chi connectivity index (χ3n) is 7.89. The normalized spacial score (nSPS) is 20.5. The van der Waals surface area contributed by atoms with E-state index in [1.807, 2.05) is 18.2 Å². The molecule has 7 heteroatoms. The molecule has 1 saturated heterocycles. The number of carbonyl (C=O) groups excluding carboxylic acids is 1. The van der Waals surface area contributed by atoms with Crippen molar-refractivity contribution >= 4 is 22.5 Å². The average Bonchev–Trinajstić information content (AvgIpc) is 3.32. The molecule has 1 unspecified atom stereocenters. The van der Waals surface area contributed by atoms with Crippen LogP contribution in [0.1, 0.15) is 63.3 Å². The summed E-state index contributed by atoms with van der Waals surface area (Å²) < 4.78 is 32.4. The first-order valence-corrected chi connectivity index (χ1v) is 12.9. The van der Waals surface area contributed by atoms with Crippen molar-refractivity contribution in [3.63, 3.8) is 0 Å². The number of fused-ring (bicyclic) bond motifs is 2. The van der Waals surface area contributed by atoms with E-state index in [9.17, 15) is 4.79 Å². The van der Waals surface area contributed by atoms with Crippen LogP contribution < -0.4 is 14.8 Å². The van der Waals surface area contributed by atoms with Gasteiger partial charge in [0, 0.05) is 41.3 Å². The van der Waals surface area contributed by atoms with Crippen molar-refractivity contribution in [3.8, 4) is 11.5 Å². The standard InChI is InChI=1S/C29H33FN2O4/c1-28(2,3)25-13-19-20(11-17-5-4-10-34-15-17)26(21(30)14-22(19)31-25)32-27(33)29(8-9-29)18-6-7-23-24(12-18)36-16-35-23/h6-7,12-14,17,31H,4-5,8-11,15-16H2,1-3H3,(H,32,33). The van der Waals surface area contributed by atoms with Gasteiger partial charge in [0.2, 0.25) is 12.7 Å². The monoisotopic (exact) mass is 492 g/mol. The molecule has 1 aromatic heterocycles. The van der Waals surface area contributed by atoms with Gasteiger partial charge in [-0.1, -0.05) is 26.8 Å². The summed E-state index contributed by atoms with van der Waals surface area (Å²) in [6.07, 6.45) is 4.11. The second kappa shape index (κ2) is 8.51. The van der Waals surface area contributed by atoms with E-state index < -0.39 is 11.2 Å². The van der Waals surface area contributed by atoms with Crippen molar-refractivity contribution in [2.45, 2.75) is 63.7 Å². The van der Waals surface area contributed by atoms with E-state index in [1.165, 1.54) is 6.07 Å². The molecule has 3 aliphatic rings. The highest BCUT2D eigenvalue weighted by Gasteiger charge is 2.52. The number of carbonyl (C=O) groups is 1. The van der Waals surface area contributed by atoms with E-state index in [1.54, 1.807) is 0 Å². The molecule has 1 aliphatic carbocycles. The molecular formula is C29H33FN2O4. The maximum Gasteiger partial charge on any atom is 0.235 e. The Labute approximate surface area is 210 Å². The topological polar surface area (TPSA) is 72.6 Å². The number of benzene rings is 2. The highest BCUT2D eigenvalue weighted by molar-refractivity contribution is 6.04. The van der Waals surface area contributed by atoms with Gasteiger partial charge in [-0.25, -0.2) is 4.39 Å². The zero-order valence-electron chi connectivity index (χ0n) is 21.1. The second-order valence-corrected chi connectivity index (χ2v) is 11.5. The molecule has 6 rings (SSSR count). The molecular weight excluding hydrogens is 459 g/mol. The van der Waals surface area contributed by atoms with Crippen molar-refractivity contribution in [2.75, 3.05) is 25.3 Å². The molecule has 0 bridgehead atoms. The van der Waals surface area contributed by atoms with Crippen LogP contribution in [0.25, 0.3) is 10.9 Å². The van der Waals surface area contributed by atoms with Crippen molar-refractivity contribution in [3.05, 3.63) is 53.0 Å². The molecule has 0 spiro atoms. The first kappa shape index (κ1) is 23.3. The number of ether oxygens (including phenoxy) is 3. The molecule has 2 N–H and O–H groups in total. The highest BCUT2D eigenvalue weighted by Crippen LogP contribution is 2.51. The molecule has 6 nitrogen and oxygen atoms in total. The lowest BCUT2D eigenvalue weighted by atomic mass is 9.89. The molecule has 190 valence electrons. The Hall–Kier alpha value is -3.06. The van der Waals surface area contributed by atoms with E-state index in [2.05, 4.69) is 37.1 Å². The zero-order chi connectivity index (χ0) is 25.1. The van der Waals surface area contributed by atoms with Gasteiger partial charge in [-0.05, 0) is 67.3 Å². The van der Waals surface area contributed by atoms with Crippen molar-refractivity contribution in [2.24, 2.45) is 5.92 Å². The van der Waals surface area contributed by atoms with Crippen LogP contribution in [0.5, 0.6) is 11.5 Å². The minimum absolute atomic E-state index is 0.110. The van der Waals surface area contributed by atoms with Crippen LogP contribution in [-0.2, 0) is 26.8 Å². The molecule has 3 heterocycles. The van der Waals surface area contributed by atoms with E-state index >= 15 is 4.39 Å². The maximum absolute atomic E-state index is 15.7. The largest absolute Gasteiger partial charge is 0.454 e. The Balaban J connectivity index is 1.38. The smallest absolute Gasteiger partial charge is 0.235 e. The molecule has 2 aromatic carbocycles. The number of halogens is 1. The molecule has 2 fully saturated rings. The first-order chi connectivity index (χ1) is 17.2. The number of H-pyrrole nitrogens is 1. The van der Waals surface area contributed by atoms with Crippen molar-refractivity contribution in [1.29, 1.82) is 0 Å². The lowest BCUT2D eigenvalue weighted by molar-refractivity contribution is -0.118. The summed E-state index contributed by atoms with van der Waals surface area (Å²) in [5, 5.41) is 4.00. The number of hydrogen-bond donors (Lipinski definition) is 2. The molecule has 36 heavy (non-hydrogen) atoms. The maximum atomic E-state index is 15.7. The van der Waals surface area contributed by atoms with Gasteiger partial charge >= 0.3 is 0 Å². The molecule has 0 radical (unpaired) electrons. The summed E-state index contributed by atoms with van der Waals surface area (Å²) in [5.41, 5.74) is 3.04. The third kappa shape index (κ3) is 4.03. The highest BCUT2D eigenvalue weighted by atomic mass is 19.1. The molecule has 1 saturated carbocycles. The van der Waals surface area contributed by atoms with Crippen molar-refractivity contribution in [1.82, 2.24) is 4.98 Å². The number of aromatic amines is 1. The predicted octanol–water partition coefficient (Wildman–Crippen LogP) is 5.97. The fourth-order valence-corrected chi connectivity index (χ4v) is 5.52. The second-order valence-electron chi connectivity index (χ2n) is 11.5. The van der Waals surface area contributed by atoms with Crippen LogP contribution in [0.2, 0.25) is 0 Å². The van der Waals surface area contributed by atoms with Crippen LogP contribution in [-0.4, -0.2) is 30.9 Å². The number of aromatic nitrogens is 1. The van der Waals surface area contributed by atoms with Crippen LogP contribution >= 0.6 is 0 Å². The Morgan fingerprint density at radius 3 is 2.69 bits per heavy atom. The quantitative estimate of drug-likeness (QED) is 0.460. The van der Waals surface area contributed by atoms with Gasteiger partial charge in [0.05, 0.1) is 11.1 Å². The van der Waals surface area contributed by atoms with E-state index in [0.29, 0.717) is 43.1 Å². The molecule has 3 aromatic rings. The summed E-state index contributed by atoms with van der Waals surface area (Å²) in [6, 6.07) is 9.29. The molecule has 2 aliphatic heterocycles. The Bertz CT molecular complexity index is 1330. The Morgan fingerprint density at radius 1 is 1.17 bits per heavy atom. The van der Waals surface area contributed by atoms with E-state index in [4.69, 9.17) is 14.2 Å². The zero-order valence-corrected chi connectivity index (χ0v) is 21.1. The SMILES string of the molecule is CC(C)(C)c1cc2c(CC3CCCOC3)c(NC(=O)C3(c4ccc5c(c4)OCO5)CC3)c(F)cc2[nH]1. The average molecular weight is 493 g/mol. The lowest BCUT2D eigenvalue weighted by Gasteiger charge is -2.24. The van der Waals surface area contributed by atoms with Gasteiger partial charge in [0.15, 0.2) is 11.5 Å². The van der Waals surface area contributed by atoms with Gasteiger partial charge < -0.3 is 24.5 Å². The van der Waals surface area contributed by atoms with Gasteiger partial charge in [0.25, 0.3) is 0 Å². The fraction of sp³-hybridized carbons (Fsp3) is 0.483.